The molecule has 1 atom stereocenters. The highest BCUT2D eigenvalue weighted by Gasteiger charge is 2.30. The number of methoxy groups -OCH3 is 1. The molecule has 0 spiro atoms. The first-order valence-corrected chi connectivity index (χ1v) is 10.8. The number of aromatic nitrogens is 1. The standard InChI is InChI=1S/C23H31N3O5/c1-23(2,3)31-22(28)24-16-9-11-25(12-10-16)13-17-14-30-21-18(29-4)7-5-15-6-8-19(27)26(17)20(15)21/h5-8,16-17H,9-14H2,1-4H3,(H,24,28). The van der Waals surface area contributed by atoms with Gasteiger partial charge in [-0.05, 0) is 51.8 Å². The van der Waals surface area contributed by atoms with E-state index in [2.05, 4.69) is 10.2 Å². The summed E-state index contributed by atoms with van der Waals surface area (Å²) >= 11 is 0. The van der Waals surface area contributed by atoms with E-state index in [1.807, 2.05) is 43.5 Å². The molecule has 2 aliphatic heterocycles. The van der Waals surface area contributed by atoms with Gasteiger partial charge in [0.15, 0.2) is 11.5 Å². The van der Waals surface area contributed by atoms with Gasteiger partial charge < -0.3 is 24.4 Å². The van der Waals surface area contributed by atoms with Crippen LogP contribution in [-0.2, 0) is 4.74 Å². The molecule has 2 aromatic rings. The van der Waals surface area contributed by atoms with Crippen molar-refractivity contribution in [1.82, 2.24) is 14.8 Å². The number of benzene rings is 1. The van der Waals surface area contributed by atoms with Gasteiger partial charge in [0.1, 0.15) is 12.2 Å². The lowest BCUT2D eigenvalue weighted by atomic mass is 10.0. The summed E-state index contributed by atoms with van der Waals surface area (Å²) in [5.74, 6) is 1.27. The van der Waals surface area contributed by atoms with Crippen LogP contribution in [0.3, 0.4) is 0 Å². The minimum absolute atomic E-state index is 0.0308. The Morgan fingerprint density at radius 2 is 1.90 bits per heavy atom. The topological polar surface area (TPSA) is 82.0 Å². The van der Waals surface area contributed by atoms with E-state index in [9.17, 15) is 9.59 Å². The van der Waals surface area contributed by atoms with Crippen LogP contribution in [0.5, 0.6) is 11.5 Å². The lowest BCUT2D eigenvalue weighted by Gasteiger charge is -2.37. The number of piperidine rings is 1. The third kappa shape index (κ3) is 4.63. The molecule has 1 unspecified atom stereocenters. The highest BCUT2D eigenvalue weighted by molar-refractivity contribution is 5.88. The Labute approximate surface area is 182 Å². The maximum atomic E-state index is 12.8. The summed E-state index contributed by atoms with van der Waals surface area (Å²) in [5.41, 5.74) is 0.264. The number of nitrogens with zero attached hydrogens (tertiary/aromatic N) is 2. The summed E-state index contributed by atoms with van der Waals surface area (Å²) in [6.45, 7) is 8.39. The molecule has 8 heteroatoms. The van der Waals surface area contributed by atoms with E-state index in [-0.39, 0.29) is 23.7 Å². The molecule has 1 fully saturated rings. The Morgan fingerprint density at radius 3 is 2.58 bits per heavy atom. The maximum absolute atomic E-state index is 12.8. The van der Waals surface area contributed by atoms with Gasteiger partial charge >= 0.3 is 6.09 Å². The Balaban J connectivity index is 1.44. The molecule has 1 N–H and O–H groups in total. The van der Waals surface area contributed by atoms with Crippen LogP contribution >= 0.6 is 0 Å². The summed E-state index contributed by atoms with van der Waals surface area (Å²) < 4.78 is 18.7. The largest absolute Gasteiger partial charge is 0.493 e. The molecule has 0 aliphatic carbocycles. The molecule has 168 valence electrons. The summed E-state index contributed by atoms with van der Waals surface area (Å²) in [4.78, 5) is 27.1. The summed E-state index contributed by atoms with van der Waals surface area (Å²) in [6, 6.07) is 7.29. The van der Waals surface area contributed by atoms with Crippen molar-refractivity contribution in [2.45, 2.75) is 51.3 Å². The SMILES string of the molecule is COc1ccc2ccc(=O)n3c2c1OCC3CN1CCC(NC(=O)OC(C)(C)C)CC1. The third-order valence-electron chi connectivity index (χ3n) is 5.79. The third-order valence-corrected chi connectivity index (χ3v) is 5.79. The zero-order chi connectivity index (χ0) is 22.2. The number of ether oxygens (including phenoxy) is 3. The lowest BCUT2D eigenvalue weighted by Crippen LogP contribution is -2.48. The first kappa shape index (κ1) is 21.5. The molecule has 3 heterocycles. The van der Waals surface area contributed by atoms with E-state index in [1.165, 1.54) is 0 Å². The second-order valence-corrected chi connectivity index (χ2v) is 9.26. The number of nitrogens with one attached hydrogen (secondary N) is 1. The number of carbonyl (C=O) groups excluding carboxylic acids is 1. The summed E-state index contributed by atoms with van der Waals surface area (Å²) in [6.07, 6.45) is 1.32. The van der Waals surface area contributed by atoms with Crippen LogP contribution in [-0.4, -0.2) is 60.6 Å². The fraction of sp³-hybridized carbons (Fsp3) is 0.565. The molecule has 0 bridgehead atoms. The first-order chi connectivity index (χ1) is 14.7. The fourth-order valence-corrected chi connectivity index (χ4v) is 4.39. The molecule has 8 nitrogen and oxygen atoms in total. The maximum Gasteiger partial charge on any atom is 0.407 e. The van der Waals surface area contributed by atoms with Crippen LogP contribution in [0.25, 0.3) is 10.9 Å². The van der Waals surface area contributed by atoms with E-state index in [4.69, 9.17) is 14.2 Å². The zero-order valence-electron chi connectivity index (χ0n) is 18.6. The summed E-state index contributed by atoms with van der Waals surface area (Å²) in [7, 11) is 1.61. The van der Waals surface area contributed by atoms with Crippen molar-refractivity contribution in [2.24, 2.45) is 0 Å². The monoisotopic (exact) mass is 429 g/mol. The van der Waals surface area contributed by atoms with Gasteiger partial charge in [-0.15, -0.1) is 0 Å². The number of carbonyl (C=O) groups is 1. The Kier molecular flexibility index (Phi) is 5.83. The van der Waals surface area contributed by atoms with Crippen LogP contribution in [0.15, 0.2) is 29.1 Å². The Morgan fingerprint density at radius 1 is 1.19 bits per heavy atom. The van der Waals surface area contributed by atoms with Crippen LogP contribution in [0.2, 0.25) is 0 Å². The van der Waals surface area contributed by atoms with E-state index < -0.39 is 5.60 Å². The van der Waals surface area contributed by atoms with Crippen LogP contribution < -0.4 is 20.3 Å². The van der Waals surface area contributed by atoms with Gasteiger partial charge in [-0.3, -0.25) is 9.36 Å². The fourth-order valence-electron chi connectivity index (χ4n) is 4.39. The smallest absolute Gasteiger partial charge is 0.407 e. The minimum Gasteiger partial charge on any atom is -0.493 e. The minimum atomic E-state index is -0.501. The average molecular weight is 430 g/mol. The van der Waals surface area contributed by atoms with Crippen LogP contribution in [0.4, 0.5) is 4.79 Å². The summed E-state index contributed by atoms with van der Waals surface area (Å²) in [5, 5.41) is 3.93. The number of hydrogen-bond donors (Lipinski definition) is 1. The normalized spacial score (nSPS) is 19.7. The predicted molar refractivity (Wildman–Crippen MR) is 118 cm³/mol. The zero-order valence-corrected chi connectivity index (χ0v) is 18.6. The van der Waals surface area contributed by atoms with Crippen molar-refractivity contribution >= 4 is 17.0 Å². The van der Waals surface area contributed by atoms with Crippen molar-refractivity contribution in [3.63, 3.8) is 0 Å². The molecule has 31 heavy (non-hydrogen) atoms. The number of pyridine rings is 1. The van der Waals surface area contributed by atoms with Gasteiger partial charge in [-0.25, -0.2) is 4.79 Å². The second-order valence-electron chi connectivity index (χ2n) is 9.26. The van der Waals surface area contributed by atoms with Crippen LogP contribution in [0.1, 0.15) is 39.7 Å². The van der Waals surface area contributed by atoms with Gasteiger partial charge in [0.05, 0.1) is 18.7 Å². The Bertz CT molecular complexity index is 1020. The van der Waals surface area contributed by atoms with Gasteiger partial charge in [0, 0.05) is 37.1 Å². The molecule has 1 saturated heterocycles. The van der Waals surface area contributed by atoms with E-state index in [1.54, 1.807) is 13.2 Å². The van der Waals surface area contributed by atoms with Crippen molar-refractivity contribution in [1.29, 1.82) is 0 Å². The first-order valence-electron chi connectivity index (χ1n) is 10.8. The highest BCUT2D eigenvalue weighted by atomic mass is 16.6. The van der Waals surface area contributed by atoms with Crippen molar-refractivity contribution in [3.8, 4) is 11.5 Å². The van der Waals surface area contributed by atoms with E-state index in [0.717, 1.165) is 43.4 Å². The molecular formula is C23H31N3O5. The highest BCUT2D eigenvalue weighted by Crippen LogP contribution is 2.39. The van der Waals surface area contributed by atoms with Gasteiger partial charge in [0.2, 0.25) is 0 Å². The number of likely N-dealkylation sites (tertiary alicyclic amines) is 1. The van der Waals surface area contributed by atoms with Gasteiger partial charge in [-0.2, -0.15) is 0 Å². The van der Waals surface area contributed by atoms with Gasteiger partial charge in [-0.1, -0.05) is 0 Å². The number of rotatable bonds is 4. The average Bonchev–Trinajstić information content (AvgIpc) is 2.71. The predicted octanol–water partition coefficient (Wildman–Crippen LogP) is 2.93. The molecule has 1 aromatic heterocycles. The van der Waals surface area contributed by atoms with Crippen LogP contribution in [0, 0.1) is 0 Å². The van der Waals surface area contributed by atoms with Gasteiger partial charge in [0.25, 0.3) is 5.56 Å². The van der Waals surface area contributed by atoms with Crippen molar-refractivity contribution < 1.29 is 19.0 Å². The molecular weight excluding hydrogens is 398 g/mol. The second kappa shape index (κ2) is 8.42. The molecule has 2 aliphatic rings. The number of amides is 1. The van der Waals surface area contributed by atoms with Crippen molar-refractivity contribution in [3.05, 3.63) is 34.6 Å². The van der Waals surface area contributed by atoms with E-state index in [0.29, 0.717) is 18.1 Å². The molecule has 0 saturated carbocycles. The quantitative estimate of drug-likeness (QED) is 0.805. The van der Waals surface area contributed by atoms with E-state index >= 15 is 0 Å². The molecule has 4 rings (SSSR count). The lowest BCUT2D eigenvalue weighted by molar-refractivity contribution is 0.0473. The van der Waals surface area contributed by atoms with Crippen molar-refractivity contribution in [2.75, 3.05) is 33.4 Å². The Hall–Kier alpha value is -2.74. The number of alkyl carbamates (subject to hydrolysis) is 1. The molecule has 1 aromatic carbocycles. The molecule has 1 amide bonds. The number of hydrogen-bond acceptors (Lipinski definition) is 6. The molecule has 0 radical (unpaired) electrons.